The number of amidine groups is 1. The van der Waals surface area contributed by atoms with Gasteiger partial charge in [0, 0.05) is 18.7 Å². The Bertz CT molecular complexity index is 946. The van der Waals surface area contributed by atoms with E-state index >= 15 is 0 Å². The summed E-state index contributed by atoms with van der Waals surface area (Å²) in [5.74, 6) is -0.428. The number of nitrogens with zero attached hydrogens (tertiary/aromatic N) is 2. The Balaban J connectivity index is 1.81. The van der Waals surface area contributed by atoms with Crippen molar-refractivity contribution in [1.82, 2.24) is 4.90 Å². The molecule has 1 aliphatic rings. The molecule has 2 aromatic carbocycles. The van der Waals surface area contributed by atoms with Gasteiger partial charge in [0.2, 0.25) is 11.8 Å². The quantitative estimate of drug-likeness (QED) is 0.727. The van der Waals surface area contributed by atoms with E-state index in [0.717, 1.165) is 11.8 Å². The van der Waals surface area contributed by atoms with Crippen LogP contribution in [-0.4, -0.2) is 40.8 Å². The Morgan fingerprint density at radius 1 is 1.34 bits per heavy atom. The van der Waals surface area contributed by atoms with E-state index in [-0.39, 0.29) is 35.6 Å². The molecule has 1 saturated heterocycles. The van der Waals surface area contributed by atoms with Gasteiger partial charge in [-0.3, -0.25) is 14.5 Å². The molecular formula is C21H20FN3O3S. The highest BCUT2D eigenvalue weighted by molar-refractivity contribution is 8.15. The van der Waals surface area contributed by atoms with Crippen LogP contribution in [0.5, 0.6) is 5.75 Å². The zero-order valence-electron chi connectivity index (χ0n) is 15.8. The zero-order chi connectivity index (χ0) is 20.8. The molecule has 1 atom stereocenters. The van der Waals surface area contributed by atoms with Crippen LogP contribution in [0.3, 0.4) is 0 Å². The van der Waals surface area contributed by atoms with Crippen LogP contribution in [0.1, 0.15) is 6.42 Å². The molecule has 0 spiro atoms. The largest absolute Gasteiger partial charge is 0.497 e. The molecule has 3 rings (SSSR count). The van der Waals surface area contributed by atoms with E-state index in [2.05, 4.69) is 16.9 Å². The predicted octanol–water partition coefficient (Wildman–Crippen LogP) is 3.98. The van der Waals surface area contributed by atoms with E-state index in [9.17, 15) is 14.0 Å². The van der Waals surface area contributed by atoms with Crippen molar-refractivity contribution in [1.29, 1.82) is 0 Å². The predicted molar refractivity (Wildman–Crippen MR) is 113 cm³/mol. The SMILES string of the molecule is C=CCN1C(=O)C[C@H](C(=O)Nc2ccc(OC)cc2)SC1=Nc1ccccc1F. The first kappa shape index (κ1) is 20.6. The molecule has 0 aliphatic carbocycles. The first-order chi connectivity index (χ1) is 14.0. The fourth-order valence-corrected chi connectivity index (χ4v) is 3.79. The summed E-state index contributed by atoms with van der Waals surface area (Å²) < 4.78 is 19.1. The second-order valence-corrected chi connectivity index (χ2v) is 7.34. The summed E-state index contributed by atoms with van der Waals surface area (Å²) in [5.41, 5.74) is 0.693. The maximum absolute atomic E-state index is 14.0. The lowest BCUT2D eigenvalue weighted by Gasteiger charge is -2.31. The van der Waals surface area contributed by atoms with E-state index in [1.54, 1.807) is 49.6 Å². The van der Waals surface area contributed by atoms with Crippen molar-refractivity contribution >= 4 is 40.1 Å². The third-order valence-corrected chi connectivity index (χ3v) is 5.36. The van der Waals surface area contributed by atoms with Crippen LogP contribution in [0, 0.1) is 5.82 Å². The monoisotopic (exact) mass is 413 g/mol. The van der Waals surface area contributed by atoms with Gasteiger partial charge in [-0.15, -0.1) is 6.58 Å². The number of nitrogens with one attached hydrogen (secondary N) is 1. The van der Waals surface area contributed by atoms with E-state index in [0.29, 0.717) is 11.4 Å². The molecule has 0 bridgehead atoms. The molecule has 0 aromatic heterocycles. The number of hydrogen-bond donors (Lipinski definition) is 1. The number of aliphatic imine (C=N–C) groups is 1. The summed E-state index contributed by atoms with van der Waals surface area (Å²) in [6.07, 6.45) is 1.57. The van der Waals surface area contributed by atoms with E-state index < -0.39 is 11.1 Å². The number of benzene rings is 2. The second kappa shape index (κ2) is 9.38. The van der Waals surface area contributed by atoms with Gasteiger partial charge in [-0.25, -0.2) is 9.38 Å². The third kappa shape index (κ3) is 5.03. The van der Waals surface area contributed by atoms with Gasteiger partial charge < -0.3 is 10.1 Å². The lowest BCUT2D eigenvalue weighted by atomic mass is 10.2. The molecule has 6 nitrogen and oxygen atoms in total. The Hall–Kier alpha value is -3.13. The van der Waals surface area contributed by atoms with Crippen molar-refractivity contribution in [2.75, 3.05) is 19.0 Å². The fourth-order valence-electron chi connectivity index (χ4n) is 2.69. The molecule has 1 N–H and O–H groups in total. The summed E-state index contributed by atoms with van der Waals surface area (Å²) in [7, 11) is 1.56. The molecule has 29 heavy (non-hydrogen) atoms. The van der Waals surface area contributed by atoms with Crippen LogP contribution in [0.2, 0.25) is 0 Å². The van der Waals surface area contributed by atoms with Crippen LogP contribution in [0.4, 0.5) is 15.8 Å². The number of methoxy groups -OCH3 is 1. The molecule has 150 valence electrons. The van der Waals surface area contributed by atoms with Crippen LogP contribution >= 0.6 is 11.8 Å². The van der Waals surface area contributed by atoms with Gasteiger partial charge in [0.1, 0.15) is 22.5 Å². The van der Waals surface area contributed by atoms with Crippen molar-refractivity contribution in [2.24, 2.45) is 4.99 Å². The van der Waals surface area contributed by atoms with Crippen LogP contribution in [0.25, 0.3) is 0 Å². The molecule has 0 radical (unpaired) electrons. The van der Waals surface area contributed by atoms with Crippen molar-refractivity contribution in [3.63, 3.8) is 0 Å². The van der Waals surface area contributed by atoms with Crippen molar-refractivity contribution in [2.45, 2.75) is 11.7 Å². The number of carbonyl (C=O) groups is 2. The minimum atomic E-state index is -0.684. The number of hydrogen-bond acceptors (Lipinski definition) is 5. The first-order valence-electron chi connectivity index (χ1n) is 8.88. The van der Waals surface area contributed by atoms with Crippen LogP contribution in [-0.2, 0) is 9.59 Å². The lowest BCUT2D eigenvalue weighted by Crippen LogP contribution is -2.45. The molecule has 0 saturated carbocycles. The topological polar surface area (TPSA) is 71.0 Å². The minimum Gasteiger partial charge on any atom is -0.497 e. The number of thioether (sulfide) groups is 1. The number of ether oxygens (including phenoxy) is 1. The molecular weight excluding hydrogens is 393 g/mol. The van der Waals surface area contributed by atoms with Crippen molar-refractivity contribution < 1.29 is 18.7 Å². The number of carbonyl (C=O) groups excluding carboxylic acids is 2. The normalized spacial score (nSPS) is 17.9. The average molecular weight is 413 g/mol. The number of halogens is 1. The Labute approximate surface area is 172 Å². The van der Waals surface area contributed by atoms with Gasteiger partial charge in [-0.05, 0) is 36.4 Å². The minimum absolute atomic E-state index is 0.0107. The van der Waals surface area contributed by atoms with Gasteiger partial charge in [0.15, 0.2) is 5.17 Å². The molecule has 1 heterocycles. The Kier molecular flexibility index (Phi) is 6.66. The van der Waals surface area contributed by atoms with E-state index in [1.807, 2.05) is 0 Å². The maximum Gasteiger partial charge on any atom is 0.238 e. The Morgan fingerprint density at radius 3 is 2.72 bits per heavy atom. The highest BCUT2D eigenvalue weighted by Crippen LogP contribution is 2.30. The first-order valence-corrected chi connectivity index (χ1v) is 9.76. The summed E-state index contributed by atoms with van der Waals surface area (Å²) in [5, 5.41) is 2.37. The number of para-hydroxylation sites is 1. The fraction of sp³-hybridized carbons (Fsp3) is 0.190. The van der Waals surface area contributed by atoms with E-state index in [4.69, 9.17) is 4.74 Å². The van der Waals surface area contributed by atoms with Crippen molar-refractivity contribution in [3.8, 4) is 5.75 Å². The standard InChI is InChI=1S/C21H20FN3O3S/c1-3-12-25-19(26)13-18(20(27)23-14-8-10-15(28-2)11-9-14)29-21(25)24-17-7-5-4-6-16(17)22/h3-11,18H,1,12-13H2,2H3,(H,23,27)/t18-/m1/s1. The molecule has 1 aliphatic heterocycles. The van der Waals surface area contributed by atoms with Gasteiger partial charge in [0.25, 0.3) is 0 Å². The molecule has 1 fully saturated rings. The number of amides is 2. The van der Waals surface area contributed by atoms with Crippen LogP contribution < -0.4 is 10.1 Å². The molecule has 2 aromatic rings. The van der Waals surface area contributed by atoms with Gasteiger partial charge in [-0.2, -0.15) is 0 Å². The van der Waals surface area contributed by atoms with Gasteiger partial charge >= 0.3 is 0 Å². The average Bonchev–Trinajstić information content (AvgIpc) is 2.72. The summed E-state index contributed by atoms with van der Waals surface area (Å²) >= 11 is 1.13. The number of rotatable bonds is 6. The second-order valence-electron chi connectivity index (χ2n) is 6.17. The lowest BCUT2D eigenvalue weighted by molar-refractivity contribution is -0.129. The van der Waals surface area contributed by atoms with Gasteiger partial charge in [-0.1, -0.05) is 30.0 Å². The maximum atomic E-state index is 14.0. The van der Waals surface area contributed by atoms with Crippen LogP contribution in [0.15, 0.2) is 66.2 Å². The highest BCUT2D eigenvalue weighted by atomic mass is 32.2. The molecule has 2 amide bonds. The summed E-state index contributed by atoms with van der Waals surface area (Å²) in [4.78, 5) is 31.0. The smallest absolute Gasteiger partial charge is 0.238 e. The van der Waals surface area contributed by atoms with Gasteiger partial charge in [0.05, 0.1) is 7.11 Å². The third-order valence-electron chi connectivity index (χ3n) is 4.17. The molecule has 8 heteroatoms. The Morgan fingerprint density at radius 2 is 2.07 bits per heavy atom. The number of anilines is 1. The summed E-state index contributed by atoms with van der Waals surface area (Å²) in [6.45, 7) is 3.88. The summed E-state index contributed by atoms with van der Waals surface area (Å²) in [6, 6.07) is 12.9. The van der Waals surface area contributed by atoms with Crippen molar-refractivity contribution in [3.05, 3.63) is 67.0 Å². The zero-order valence-corrected chi connectivity index (χ0v) is 16.6. The van der Waals surface area contributed by atoms with E-state index in [1.165, 1.54) is 17.0 Å². The molecule has 0 unspecified atom stereocenters. The highest BCUT2D eigenvalue weighted by Gasteiger charge is 2.35.